The molecule has 0 fully saturated rings. The molecule has 0 bridgehead atoms. The standard InChI is InChI=1S/C27H28FNO3/c1-2-3-4-5-8-19-31-23-17-13-22(14-18-23)27(30)32-24-15-11-21(12-16-24)20-29-26-10-7-6-9-25(26)28/h6-7,9-18,20H,2-5,8,19H2,1H3. The van der Waals surface area contributed by atoms with Gasteiger partial charge in [0.2, 0.25) is 0 Å². The summed E-state index contributed by atoms with van der Waals surface area (Å²) in [5.41, 5.74) is 1.49. The van der Waals surface area contributed by atoms with Gasteiger partial charge >= 0.3 is 5.97 Å². The Morgan fingerprint density at radius 1 is 0.875 bits per heavy atom. The molecule has 0 radical (unpaired) electrons. The van der Waals surface area contributed by atoms with Crippen molar-refractivity contribution in [1.82, 2.24) is 0 Å². The molecule has 0 aliphatic carbocycles. The van der Waals surface area contributed by atoms with Crippen molar-refractivity contribution in [2.75, 3.05) is 6.61 Å². The molecule has 0 aliphatic heterocycles. The number of benzene rings is 3. The minimum absolute atomic E-state index is 0.270. The Balaban J connectivity index is 1.48. The lowest BCUT2D eigenvalue weighted by molar-refractivity contribution is 0.0734. The lowest BCUT2D eigenvalue weighted by Crippen LogP contribution is -2.08. The maximum absolute atomic E-state index is 13.6. The molecule has 0 spiro atoms. The van der Waals surface area contributed by atoms with Crippen LogP contribution in [0, 0.1) is 5.82 Å². The molecule has 3 aromatic rings. The van der Waals surface area contributed by atoms with E-state index in [1.807, 2.05) is 0 Å². The lowest BCUT2D eigenvalue weighted by atomic mass is 10.2. The molecule has 3 rings (SSSR count). The smallest absolute Gasteiger partial charge is 0.343 e. The Morgan fingerprint density at radius 3 is 2.28 bits per heavy atom. The summed E-state index contributed by atoms with van der Waals surface area (Å²) < 4.78 is 24.8. The first-order chi connectivity index (χ1) is 15.7. The number of unbranched alkanes of at least 4 members (excludes halogenated alkanes) is 4. The Labute approximate surface area is 188 Å². The number of aliphatic imine (C=N–C) groups is 1. The van der Waals surface area contributed by atoms with Crippen LogP contribution in [-0.2, 0) is 0 Å². The molecule has 0 amide bonds. The third-order valence-corrected chi connectivity index (χ3v) is 4.90. The van der Waals surface area contributed by atoms with E-state index in [9.17, 15) is 9.18 Å². The van der Waals surface area contributed by atoms with Crippen LogP contribution in [0.1, 0.15) is 54.9 Å². The van der Waals surface area contributed by atoms with Gasteiger partial charge in [-0.05, 0) is 72.6 Å². The Bertz CT molecular complexity index is 1010. The van der Waals surface area contributed by atoms with Crippen molar-refractivity contribution in [2.45, 2.75) is 39.0 Å². The van der Waals surface area contributed by atoms with Crippen LogP contribution in [0.3, 0.4) is 0 Å². The van der Waals surface area contributed by atoms with E-state index in [0.717, 1.165) is 17.7 Å². The van der Waals surface area contributed by atoms with Crippen LogP contribution in [0.2, 0.25) is 0 Å². The van der Waals surface area contributed by atoms with Crippen molar-refractivity contribution >= 4 is 17.9 Å². The molecule has 0 saturated carbocycles. The lowest BCUT2D eigenvalue weighted by Gasteiger charge is -2.08. The van der Waals surface area contributed by atoms with Gasteiger partial charge < -0.3 is 9.47 Å². The van der Waals surface area contributed by atoms with Gasteiger partial charge in [0.1, 0.15) is 17.3 Å². The monoisotopic (exact) mass is 433 g/mol. The quantitative estimate of drug-likeness (QED) is 0.140. The number of hydrogen-bond acceptors (Lipinski definition) is 4. The van der Waals surface area contributed by atoms with Crippen LogP contribution in [0.4, 0.5) is 10.1 Å². The molecule has 0 saturated heterocycles. The molecule has 0 aliphatic rings. The first-order valence-electron chi connectivity index (χ1n) is 11.0. The average molecular weight is 434 g/mol. The van der Waals surface area contributed by atoms with E-state index < -0.39 is 5.97 Å². The van der Waals surface area contributed by atoms with E-state index in [4.69, 9.17) is 9.47 Å². The van der Waals surface area contributed by atoms with Crippen molar-refractivity contribution in [2.24, 2.45) is 4.99 Å². The van der Waals surface area contributed by atoms with Crippen LogP contribution >= 0.6 is 0 Å². The fraction of sp³-hybridized carbons (Fsp3) is 0.259. The van der Waals surface area contributed by atoms with E-state index in [2.05, 4.69) is 11.9 Å². The molecule has 0 aromatic heterocycles. The number of rotatable bonds is 11. The van der Waals surface area contributed by atoms with Gasteiger partial charge in [0, 0.05) is 6.21 Å². The van der Waals surface area contributed by atoms with E-state index >= 15 is 0 Å². The molecule has 0 atom stereocenters. The second-order valence-corrected chi connectivity index (χ2v) is 7.46. The van der Waals surface area contributed by atoms with Crippen LogP contribution in [0.15, 0.2) is 77.8 Å². The van der Waals surface area contributed by atoms with Crippen LogP contribution in [0.25, 0.3) is 0 Å². The number of para-hydroxylation sites is 1. The summed E-state index contributed by atoms with van der Waals surface area (Å²) in [6, 6.07) is 20.1. The summed E-state index contributed by atoms with van der Waals surface area (Å²) in [6.45, 7) is 2.88. The Kier molecular flexibility index (Phi) is 8.99. The van der Waals surface area contributed by atoms with Gasteiger partial charge in [0.25, 0.3) is 0 Å². The van der Waals surface area contributed by atoms with E-state index in [0.29, 0.717) is 17.9 Å². The molecule has 0 unspecified atom stereocenters. The number of carbonyl (C=O) groups excluding carboxylic acids is 1. The van der Waals surface area contributed by atoms with Gasteiger partial charge in [-0.25, -0.2) is 9.18 Å². The molecule has 0 N–H and O–H groups in total. The number of hydrogen-bond donors (Lipinski definition) is 0. The first-order valence-corrected chi connectivity index (χ1v) is 11.0. The Hall–Kier alpha value is -3.47. The molecule has 0 heterocycles. The van der Waals surface area contributed by atoms with Crippen LogP contribution in [-0.4, -0.2) is 18.8 Å². The van der Waals surface area contributed by atoms with Crippen molar-refractivity contribution in [1.29, 1.82) is 0 Å². The average Bonchev–Trinajstić information content (AvgIpc) is 2.82. The summed E-state index contributed by atoms with van der Waals surface area (Å²) in [5.74, 6) is 0.350. The molecule has 5 heteroatoms. The van der Waals surface area contributed by atoms with Gasteiger partial charge in [-0.15, -0.1) is 0 Å². The van der Waals surface area contributed by atoms with Gasteiger partial charge in [-0.3, -0.25) is 4.99 Å². The molecule has 166 valence electrons. The van der Waals surface area contributed by atoms with Crippen LogP contribution < -0.4 is 9.47 Å². The number of carbonyl (C=O) groups is 1. The zero-order valence-corrected chi connectivity index (χ0v) is 18.3. The predicted octanol–water partition coefficient (Wildman–Crippen LogP) is 7.14. The highest BCUT2D eigenvalue weighted by molar-refractivity contribution is 5.91. The summed E-state index contributed by atoms with van der Waals surface area (Å²) >= 11 is 0. The predicted molar refractivity (Wildman–Crippen MR) is 126 cm³/mol. The highest BCUT2D eigenvalue weighted by Gasteiger charge is 2.09. The third kappa shape index (κ3) is 7.34. The highest BCUT2D eigenvalue weighted by atomic mass is 19.1. The summed E-state index contributed by atoms with van der Waals surface area (Å²) in [7, 11) is 0. The molecular formula is C27H28FNO3. The van der Waals surface area contributed by atoms with Crippen LogP contribution in [0.5, 0.6) is 11.5 Å². The molecular weight excluding hydrogens is 405 g/mol. The van der Waals surface area contributed by atoms with Gasteiger partial charge in [-0.2, -0.15) is 0 Å². The SMILES string of the molecule is CCCCCCCOc1ccc(C(=O)Oc2ccc(C=Nc3ccccc3F)cc2)cc1. The largest absolute Gasteiger partial charge is 0.494 e. The second kappa shape index (κ2) is 12.4. The van der Waals surface area contributed by atoms with Crippen molar-refractivity contribution in [3.8, 4) is 11.5 Å². The van der Waals surface area contributed by atoms with Crippen molar-refractivity contribution < 1.29 is 18.7 Å². The summed E-state index contributed by atoms with van der Waals surface area (Å²) in [6.07, 6.45) is 7.50. The topological polar surface area (TPSA) is 47.9 Å². The molecule has 32 heavy (non-hydrogen) atoms. The third-order valence-electron chi connectivity index (χ3n) is 4.90. The maximum Gasteiger partial charge on any atom is 0.343 e. The Morgan fingerprint density at radius 2 is 1.56 bits per heavy atom. The molecule has 4 nitrogen and oxygen atoms in total. The minimum Gasteiger partial charge on any atom is -0.494 e. The normalized spacial score (nSPS) is 10.9. The summed E-state index contributed by atoms with van der Waals surface area (Å²) in [5, 5.41) is 0. The van der Waals surface area contributed by atoms with Gasteiger partial charge in [0.15, 0.2) is 0 Å². The first kappa shape index (κ1) is 23.2. The minimum atomic E-state index is -0.441. The van der Waals surface area contributed by atoms with E-state index in [1.165, 1.54) is 31.7 Å². The van der Waals surface area contributed by atoms with E-state index in [1.54, 1.807) is 72.9 Å². The zero-order valence-electron chi connectivity index (χ0n) is 18.3. The number of ether oxygens (including phenoxy) is 2. The zero-order chi connectivity index (χ0) is 22.6. The number of esters is 1. The maximum atomic E-state index is 13.6. The second-order valence-electron chi connectivity index (χ2n) is 7.46. The number of halogens is 1. The van der Waals surface area contributed by atoms with Gasteiger partial charge in [-0.1, -0.05) is 44.7 Å². The van der Waals surface area contributed by atoms with Crippen molar-refractivity contribution in [3.63, 3.8) is 0 Å². The fourth-order valence-corrected chi connectivity index (χ4v) is 3.07. The van der Waals surface area contributed by atoms with E-state index in [-0.39, 0.29) is 11.5 Å². The molecule has 3 aromatic carbocycles. The van der Waals surface area contributed by atoms with Crippen molar-refractivity contribution in [3.05, 3.63) is 89.7 Å². The fourth-order valence-electron chi connectivity index (χ4n) is 3.07. The van der Waals surface area contributed by atoms with Gasteiger partial charge in [0.05, 0.1) is 17.9 Å². The summed E-state index contributed by atoms with van der Waals surface area (Å²) in [4.78, 5) is 16.5. The highest BCUT2D eigenvalue weighted by Crippen LogP contribution is 2.19. The number of nitrogens with zero attached hydrogens (tertiary/aromatic N) is 1.